The average molecular weight is 283 g/mol. The Bertz CT molecular complexity index is 196. The van der Waals surface area contributed by atoms with Crippen LogP contribution in [0.3, 0.4) is 0 Å². The second-order valence-corrected chi connectivity index (χ2v) is 6.90. The van der Waals surface area contributed by atoms with Crippen molar-refractivity contribution in [2.24, 2.45) is 11.3 Å². The van der Waals surface area contributed by atoms with Crippen LogP contribution in [0.15, 0.2) is 0 Å². The summed E-state index contributed by atoms with van der Waals surface area (Å²) < 4.78 is 0. The molecule has 2 unspecified atom stereocenters. The third-order valence-electron chi connectivity index (χ3n) is 5.41. The second kappa shape index (κ2) is 12.7. The number of rotatable bonds is 14. The Hall–Kier alpha value is 0. The molecule has 0 saturated carbocycles. The second-order valence-electron chi connectivity index (χ2n) is 6.90. The van der Waals surface area contributed by atoms with E-state index in [2.05, 4.69) is 34.6 Å². The van der Waals surface area contributed by atoms with Gasteiger partial charge in [-0.05, 0) is 37.0 Å². The molecule has 2 atom stereocenters. The molecule has 0 N–H and O–H groups in total. The van der Waals surface area contributed by atoms with Gasteiger partial charge < -0.3 is 0 Å². The summed E-state index contributed by atoms with van der Waals surface area (Å²) >= 11 is 0. The first-order valence-electron chi connectivity index (χ1n) is 9.70. The smallest absolute Gasteiger partial charge is 0.0272 e. The summed E-state index contributed by atoms with van der Waals surface area (Å²) in [6.45, 7) is 11.9. The molecule has 0 aromatic heterocycles. The Morgan fingerprint density at radius 1 is 0.600 bits per heavy atom. The summed E-state index contributed by atoms with van der Waals surface area (Å²) in [5.41, 5.74) is 0.660. The lowest BCUT2D eigenvalue weighted by Crippen LogP contribution is -2.30. The third kappa shape index (κ3) is 7.14. The van der Waals surface area contributed by atoms with Crippen molar-refractivity contribution < 1.29 is 0 Å². The molecule has 122 valence electrons. The van der Waals surface area contributed by atoms with Crippen molar-refractivity contribution in [1.29, 1.82) is 0 Å². The van der Waals surface area contributed by atoms with Gasteiger partial charge in [0.15, 0.2) is 0 Å². The lowest BCUT2D eigenvalue weighted by atomic mass is 9.64. The van der Waals surface area contributed by atoms with E-state index in [1.807, 2.05) is 0 Å². The first-order valence-corrected chi connectivity index (χ1v) is 9.70. The molecule has 0 nitrogen and oxygen atoms in total. The van der Waals surface area contributed by atoms with E-state index in [9.17, 15) is 0 Å². The molecule has 0 aromatic rings. The van der Waals surface area contributed by atoms with Gasteiger partial charge in [0.25, 0.3) is 0 Å². The molecule has 0 bridgehead atoms. The Labute approximate surface area is 130 Å². The van der Waals surface area contributed by atoms with Gasteiger partial charge in [0, 0.05) is 0 Å². The Morgan fingerprint density at radius 2 is 1.20 bits per heavy atom. The lowest BCUT2D eigenvalue weighted by Gasteiger charge is -2.41. The Balaban J connectivity index is 4.82. The fraction of sp³-hybridized carbons (Fsp3) is 1.00. The van der Waals surface area contributed by atoms with Gasteiger partial charge in [0.2, 0.25) is 0 Å². The van der Waals surface area contributed by atoms with Crippen LogP contribution in [-0.2, 0) is 0 Å². The standard InChI is InChI=1S/C20H42/c1-6-11-14-16-19(15-12-7-2)20(10-5,17-9-4)18-13-8-3/h19H,6-18H2,1-5H3. The highest BCUT2D eigenvalue weighted by Crippen LogP contribution is 2.46. The van der Waals surface area contributed by atoms with Crippen LogP contribution in [0.4, 0.5) is 0 Å². The van der Waals surface area contributed by atoms with Crippen LogP contribution in [0.25, 0.3) is 0 Å². The maximum atomic E-state index is 2.46. The van der Waals surface area contributed by atoms with Gasteiger partial charge in [-0.15, -0.1) is 0 Å². The van der Waals surface area contributed by atoms with Crippen molar-refractivity contribution in [2.75, 3.05) is 0 Å². The predicted octanol–water partition coefficient (Wildman–Crippen LogP) is 7.76. The molecule has 0 spiro atoms. The van der Waals surface area contributed by atoms with Gasteiger partial charge in [-0.3, -0.25) is 0 Å². The molecule has 0 aromatic carbocycles. The SMILES string of the molecule is CCCCCC(CCCC)C(CC)(CCC)CCCC. The van der Waals surface area contributed by atoms with Crippen LogP contribution < -0.4 is 0 Å². The normalized spacial score (nSPS) is 16.1. The first-order chi connectivity index (χ1) is 9.70. The minimum atomic E-state index is 0.660. The fourth-order valence-corrected chi connectivity index (χ4v) is 4.05. The Morgan fingerprint density at radius 3 is 1.70 bits per heavy atom. The summed E-state index contributed by atoms with van der Waals surface area (Å²) in [7, 11) is 0. The minimum Gasteiger partial charge on any atom is -0.0654 e. The van der Waals surface area contributed by atoms with Crippen LogP contribution in [-0.4, -0.2) is 0 Å². The van der Waals surface area contributed by atoms with Crippen LogP contribution in [0, 0.1) is 11.3 Å². The van der Waals surface area contributed by atoms with Crippen LogP contribution in [0.2, 0.25) is 0 Å². The molecule has 0 saturated heterocycles. The summed E-state index contributed by atoms with van der Waals surface area (Å²) in [4.78, 5) is 0. The zero-order valence-corrected chi connectivity index (χ0v) is 15.3. The zero-order valence-electron chi connectivity index (χ0n) is 15.3. The topological polar surface area (TPSA) is 0 Å². The third-order valence-corrected chi connectivity index (χ3v) is 5.41. The summed E-state index contributed by atoms with van der Waals surface area (Å²) in [6.07, 6.45) is 18.5. The van der Waals surface area contributed by atoms with Gasteiger partial charge in [0.1, 0.15) is 0 Å². The van der Waals surface area contributed by atoms with Crippen molar-refractivity contribution >= 4 is 0 Å². The molecular weight excluding hydrogens is 240 g/mol. The van der Waals surface area contributed by atoms with Crippen molar-refractivity contribution in [3.8, 4) is 0 Å². The van der Waals surface area contributed by atoms with E-state index < -0.39 is 0 Å². The molecule has 0 radical (unpaired) electrons. The largest absolute Gasteiger partial charge is 0.0654 e. The molecule has 0 aliphatic rings. The van der Waals surface area contributed by atoms with Gasteiger partial charge in [-0.1, -0.05) is 92.4 Å². The monoisotopic (exact) mass is 282 g/mol. The molecule has 0 aliphatic carbocycles. The molecule has 0 heterocycles. The highest BCUT2D eigenvalue weighted by atomic mass is 14.4. The Kier molecular flexibility index (Phi) is 12.7. The van der Waals surface area contributed by atoms with E-state index >= 15 is 0 Å². The van der Waals surface area contributed by atoms with Gasteiger partial charge in [-0.25, -0.2) is 0 Å². The zero-order chi connectivity index (χ0) is 15.3. The first kappa shape index (κ1) is 20.0. The molecular formula is C20H42. The van der Waals surface area contributed by atoms with E-state index in [1.54, 1.807) is 0 Å². The molecule has 0 fully saturated rings. The van der Waals surface area contributed by atoms with Gasteiger partial charge >= 0.3 is 0 Å². The molecule has 0 heteroatoms. The highest BCUT2D eigenvalue weighted by Gasteiger charge is 2.34. The van der Waals surface area contributed by atoms with Crippen LogP contribution >= 0.6 is 0 Å². The maximum Gasteiger partial charge on any atom is -0.0272 e. The fourth-order valence-electron chi connectivity index (χ4n) is 4.05. The summed E-state index contributed by atoms with van der Waals surface area (Å²) in [6, 6.07) is 0. The van der Waals surface area contributed by atoms with Crippen molar-refractivity contribution in [3.63, 3.8) is 0 Å². The van der Waals surface area contributed by atoms with Gasteiger partial charge in [0.05, 0.1) is 0 Å². The van der Waals surface area contributed by atoms with Crippen LogP contribution in [0.1, 0.15) is 118 Å². The van der Waals surface area contributed by atoms with Crippen molar-refractivity contribution in [3.05, 3.63) is 0 Å². The maximum absolute atomic E-state index is 2.46. The van der Waals surface area contributed by atoms with Crippen LogP contribution in [0.5, 0.6) is 0 Å². The molecule has 0 amide bonds. The average Bonchev–Trinajstić information content (AvgIpc) is 2.47. The van der Waals surface area contributed by atoms with E-state index in [0.29, 0.717) is 5.41 Å². The quantitative estimate of drug-likeness (QED) is 0.285. The van der Waals surface area contributed by atoms with Crippen molar-refractivity contribution in [2.45, 2.75) is 118 Å². The minimum absolute atomic E-state index is 0.660. The molecule has 0 rings (SSSR count). The van der Waals surface area contributed by atoms with E-state index in [-0.39, 0.29) is 0 Å². The van der Waals surface area contributed by atoms with Crippen molar-refractivity contribution in [1.82, 2.24) is 0 Å². The highest BCUT2D eigenvalue weighted by molar-refractivity contribution is 4.85. The van der Waals surface area contributed by atoms with Gasteiger partial charge in [-0.2, -0.15) is 0 Å². The van der Waals surface area contributed by atoms with E-state index in [4.69, 9.17) is 0 Å². The van der Waals surface area contributed by atoms with E-state index in [0.717, 1.165) is 5.92 Å². The molecule has 0 aliphatic heterocycles. The van der Waals surface area contributed by atoms with E-state index in [1.165, 1.54) is 83.5 Å². The summed E-state index contributed by atoms with van der Waals surface area (Å²) in [5, 5.41) is 0. The number of hydrogen-bond acceptors (Lipinski definition) is 0. The predicted molar refractivity (Wildman–Crippen MR) is 94.3 cm³/mol. The number of hydrogen-bond donors (Lipinski definition) is 0. The summed E-state index contributed by atoms with van der Waals surface area (Å²) in [5.74, 6) is 0.991. The molecule has 20 heavy (non-hydrogen) atoms. The lowest BCUT2D eigenvalue weighted by molar-refractivity contribution is 0.0951. The number of unbranched alkanes of at least 4 members (excludes halogenated alkanes) is 4.